The van der Waals surface area contributed by atoms with Gasteiger partial charge in [0.05, 0.1) is 5.60 Å². The van der Waals surface area contributed by atoms with Gasteiger partial charge in [0.1, 0.15) is 0 Å². The number of hydrogen-bond acceptors (Lipinski definition) is 4. The molecule has 0 aromatic rings. The van der Waals surface area contributed by atoms with Crippen LogP contribution in [0.3, 0.4) is 0 Å². The predicted octanol–water partition coefficient (Wildman–Crippen LogP) is 0.0319. The number of carbonyl (C=O) groups excluding carboxylic acids is 1. The molecule has 2 unspecified atom stereocenters. The van der Waals surface area contributed by atoms with Crippen LogP contribution in [-0.2, 0) is 4.79 Å². The molecule has 1 amide bonds. The van der Waals surface area contributed by atoms with Crippen molar-refractivity contribution < 1.29 is 9.90 Å². The lowest BCUT2D eigenvalue weighted by Gasteiger charge is -2.41. The normalized spacial score (nSPS) is 36.0. The van der Waals surface area contributed by atoms with E-state index in [0.29, 0.717) is 13.0 Å². The molecule has 0 bridgehead atoms. The number of nitrogens with one attached hydrogen (secondary N) is 2. The number of carbonyl (C=O) groups is 1. The number of likely N-dealkylation sites (tertiary alicyclic amines) is 1. The molecule has 3 rings (SSSR count). The Morgan fingerprint density at radius 2 is 2.41 bits per heavy atom. The number of amides is 1. The molecule has 0 radical (unpaired) electrons. The average Bonchev–Trinajstić information content (AvgIpc) is 3.07. The fourth-order valence-corrected chi connectivity index (χ4v) is 5.04. The van der Waals surface area contributed by atoms with Gasteiger partial charge >= 0.3 is 0 Å². The Morgan fingerprint density at radius 1 is 1.55 bits per heavy atom. The largest absolute Gasteiger partial charge is 0.387 e. The smallest absolute Gasteiger partial charge is 0.220 e. The van der Waals surface area contributed by atoms with Crippen LogP contribution in [0.15, 0.2) is 4.99 Å². The Kier molecular flexibility index (Phi) is 4.54. The molecule has 124 valence electrons. The van der Waals surface area contributed by atoms with E-state index in [-0.39, 0.29) is 11.3 Å². The van der Waals surface area contributed by atoms with E-state index in [1.165, 1.54) is 0 Å². The van der Waals surface area contributed by atoms with Crippen LogP contribution in [0.25, 0.3) is 0 Å². The molecule has 7 heteroatoms. The van der Waals surface area contributed by atoms with Gasteiger partial charge in [0.25, 0.3) is 0 Å². The second kappa shape index (κ2) is 6.28. The van der Waals surface area contributed by atoms with Crippen molar-refractivity contribution in [3.05, 3.63) is 0 Å². The Bertz CT molecular complexity index is 464. The maximum atomic E-state index is 11.6. The van der Waals surface area contributed by atoms with Crippen LogP contribution < -0.4 is 10.6 Å². The van der Waals surface area contributed by atoms with E-state index in [9.17, 15) is 9.90 Å². The molecule has 22 heavy (non-hydrogen) atoms. The first-order valence-electron chi connectivity index (χ1n) is 8.07. The molecule has 0 aromatic heterocycles. The number of aliphatic imine (C=N–C) groups is 1. The summed E-state index contributed by atoms with van der Waals surface area (Å²) >= 11 is 1.80. The highest BCUT2D eigenvalue weighted by molar-refractivity contribution is 7.99. The van der Waals surface area contributed by atoms with Crippen molar-refractivity contribution in [2.75, 3.05) is 44.7 Å². The first kappa shape index (κ1) is 15.9. The van der Waals surface area contributed by atoms with Crippen LogP contribution in [0.4, 0.5) is 0 Å². The first-order valence-corrected chi connectivity index (χ1v) is 9.22. The molecule has 3 fully saturated rings. The summed E-state index contributed by atoms with van der Waals surface area (Å²) < 4.78 is 0. The molecule has 3 saturated heterocycles. The zero-order valence-electron chi connectivity index (χ0n) is 13.2. The third-order valence-corrected chi connectivity index (χ3v) is 6.26. The van der Waals surface area contributed by atoms with Gasteiger partial charge in [-0.05, 0) is 25.0 Å². The SMILES string of the molecule is CN=C(NCC1(O)CCSC1)N1CCCC2(CNC(=O)C2)C1. The van der Waals surface area contributed by atoms with E-state index in [1.54, 1.807) is 18.8 Å². The fourth-order valence-electron chi connectivity index (χ4n) is 3.74. The number of rotatable bonds is 2. The lowest BCUT2D eigenvalue weighted by atomic mass is 9.79. The van der Waals surface area contributed by atoms with Gasteiger partial charge in [0.15, 0.2) is 5.96 Å². The van der Waals surface area contributed by atoms with Crippen molar-refractivity contribution in [3.63, 3.8) is 0 Å². The highest BCUT2D eigenvalue weighted by Crippen LogP contribution is 2.36. The van der Waals surface area contributed by atoms with Crippen LogP contribution in [0.5, 0.6) is 0 Å². The number of guanidine groups is 1. The zero-order chi connectivity index (χ0) is 15.6. The molecule has 3 aliphatic heterocycles. The molecule has 0 saturated carbocycles. The summed E-state index contributed by atoms with van der Waals surface area (Å²) in [7, 11) is 1.79. The van der Waals surface area contributed by atoms with Crippen LogP contribution in [0.2, 0.25) is 0 Å². The predicted molar refractivity (Wildman–Crippen MR) is 89.1 cm³/mol. The van der Waals surface area contributed by atoms with E-state index < -0.39 is 5.60 Å². The van der Waals surface area contributed by atoms with Gasteiger partial charge in [-0.15, -0.1) is 0 Å². The lowest BCUT2D eigenvalue weighted by Crippen LogP contribution is -2.54. The molecule has 3 heterocycles. The molecule has 2 atom stereocenters. The highest BCUT2D eigenvalue weighted by atomic mass is 32.2. The van der Waals surface area contributed by atoms with Crippen molar-refractivity contribution >= 4 is 23.6 Å². The monoisotopic (exact) mass is 326 g/mol. The molecule has 3 N–H and O–H groups in total. The van der Waals surface area contributed by atoms with Crippen LogP contribution in [0.1, 0.15) is 25.7 Å². The number of aliphatic hydroxyl groups is 1. The zero-order valence-corrected chi connectivity index (χ0v) is 14.0. The van der Waals surface area contributed by atoms with E-state index >= 15 is 0 Å². The summed E-state index contributed by atoms with van der Waals surface area (Å²) in [6.45, 7) is 3.15. The van der Waals surface area contributed by atoms with Crippen LogP contribution in [-0.4, -0.2) is 72.2 Å². The van der Waals surface area contributed by atoms with E-state index in [4.69, 9.17) is 0 Å². The number of hydrogen-bond donors (Lipinski definition) is 3. The quantitative estimate of drug-likeness (QED) is 0.493. The van der Waals surface area contributed by atoms with Crippen molar-refractivity contribution in [2.45, 2.75) is 31.3 Å². The van der Waals surface area contributed by atoms with E-state index in [2.05, 4.69) is 20.5 Å². The highest BCUT2D eigenvalue weighted by Gasteiger charge is 2.42. The minimum atomic E-state index is -0.612. The molecule has 0 aliphatic carbocycles. The second-order valence-electron chi connectivity index (χ2n) is 6.91. The molecule has 1 spiro atoms. The van der Waals surface area contributed by atoms with Gasteiger partial charge in [-0.2, -0.15) is 11.8 Å². The fraction of sp³-hybridized carbons (Fsp3) is 0.867. The third-order valence-electron chi connectivity index (χ3n) is 5.03. The number of thioether (sulfide) groups is 1. The molecule has 0 aromatic carbocycles. The van der Waals surface area contributed by atoms with Gasteiger partial charge in [-0.3, -0.25) is 9.79 Å². The Labute approximate surface area is 136 Å². The van der Waals surface area contributed by atoms with Crippen LogP contribution in [0, 0.1) is 5.41 Å². The van der Waals surface area contributed by atoms with Crippen molar-refractivity contribution in [1.29, 1.82) is 0 Å². The molecular weight excluding hydrogens is 300 g/mol. The first-order chi connectivity index (χ1) is 10.5. The molecular formula is C15H26N4O2S. The summed E-state index contributed by atoms with van der Waals surface area (Å²) in [5.74, 6) is 2.84. The summed E-state index contributed by atoms with van der Waals surface area (Å²) in [4.78, 5) is 18.2. The van der Waals surface area contributed by atoms with Gasteiger partial charge in [0.2, 0.25) is 5.91 Å². The number of nitrogens with zero attached hydrogens (tertiary/aromatic N) is 2. The van der Waals surface area contributed by atoms with E-state index in [0.717, 1.165) is 56.4 Å². The van der Waals surface area contributed by atoms with Gasteiger partial charge < -0.3 is 20.6 Å². The third kappa shape index (κ3) is 3.35. The van der Waals surface area contributed by atoms with Gasteiger partial charge in [0, 0.05) is 50.8 Å². The molecule has 3 aliphatic rings. The Hall–Kier alpha value is -0.950. The lowest BCUT2D eigenvalue weighted by molar-refractivity contribution is -0.119. The topological polar surface area (TPSA) is 77.0 Å². The standard InChI is InChI=1S/C15H26N4O2S/c1-16-13(18-9-15(21)4-6-22-11-15)19-5-2-3-14(10-19)7-12(20)17-8-14/h21H,2-11H2,1H3,(H,16,18)(H,17,20). The van der Waals surface area contributed by atoms with Crippen molar-refractivity contribution in [1.82, 2.24) is 15.5 Å². The minimum absolute atomic E-state index is 0.0626. The second-order valence-corrected chi connectivity index (χ2v) is 8.01. The Morgan fingerprint density at radius 3 is 3.05 bits per heavy atom. The average molecular weight is 326 g/mol. The maximum absolute atomic E-state index is 11.6. The van der Waals surface area contributed by atoms with E-state index in [1.807, 2.05) is 0 Å². The summed E-state index contributed by atoms with van der Waals surface area (Å²) in [6.07, 6.45) is 3.64. The summed E-state index contributed by atoms with van der Waals surface area (Å²) in [5, 5.41) is 16.8. The Balaban J connectivity index is 1.60. The summed E-state index contributed by atoms with van der Waals surface area (Å²) in [5.41, 5.74) is -0.550. The van der Waals surface area contributed by atoms with Gasteiger partial charge in [-0.1, -0.05) is 0 Å². The molecule has 6 nitrogen and oxygen atoms in total. The minimum Gasteiger partial charge on any atom is -0.387 e. The maximum Gasteiger partial charge on any atom is 0.220 e. The summed E-state index contributed by atoms with van der Waals surface area (Å²) in [6, 6.07) is 0. The van der Waals surface area contributed by atoms with Crippen LogP contribution >= 0.6 is 11.8 Å². The van der Waals surface area contributed by atoms with Crippen molar-refractivity contribution in [3.8, 4) is 0 Å². The number of piperidine rings is 1. The van der Waals surface area contributed by atoms with Crippen molar-refractivity contribution in [2.24, 2.45) is 10.4 Å². The van der Waals surface area contributed by atoms with Gasteiger partial charge in [-0.25, -0.2) is 0 Å².